The maximum atomic E-state index is 6.25. The van der Waals surface area contributed by atoms with Gasteiger partial charge in [0.15, 0.2) is 11.6 Å². The van der Waals surface area contributed by atoms with Crippen LogP contribution in [0.1, 0.15) is 5.56 Å². The van der Waals surface area contributed by atoms with Crippen molar-refractivity contribution in [2.75, 3.05) is 0 Å². The molecule has 0 N–H and O–H groups in total. The van der Waals surface area contributed by atoms with Crippen molar-refractivity contribution in [3.63, 3.8) is 0 Å². The molecule has 0 amide bonds. The number of rotatable bonds is 1. The Morgan fingerprint density at radius 3 is 2.83 bits per heavy atom. The molecule has 0 spiro atoms. The van der Waals surface area contributed by atoms with Gasteiger partial charge < -0.3 is 4.57 Å². The minimum absolute atomic E-state index is 0.470. The fourth-order valence-electron chi connectivity index (χ4n) is 1.74. The third kappa shape index (κ3) is 1.75. The first-order chi connectivity index (χ1) is 8.58. The predicted octanol–water partition coefficient (Wildman–Crippen LogP) is 3.82. The van der Waals surface area contributed by atoms with Crippen molar-refractivity contribution >= 4 is 49.1 Å². The standard InChI is InChI=1S/C11H8BrClN4S/c1-5-6-8(13)15-9(10-14-3-4-17(10)2)16-11(6)18-7(5)12/h3-4H,1-2H3. The predicted molar refractivity (Wildman–Crippen MR) is 77.1 cm³/mol. The summed E-state index contributed by atoms with van der Waals surface area (Å²) in [5.41, 5.74) is 1.08. The fraction of sp³-hybridized carbons (Fsp3) is 0.182. The van der Waals surface area contributed by atoms with Gasteiger partial charge in [0.05, 0.1) is 9.17 Å². The van der Waals surface area contributed by atoms with Crippen molar-refractivity contribution < 1.29 is 0 Å². The molecule has 0 aliphatic heterocycles. The van der Waals surface area contributed by atoms with Crippen molar-refractivity contribution in [2.45, 2.75) is 6.92 Å². The second kappa shape index (κ2) is 4.29. The van der Waals surface area contributed by atoms with Crippen LogP contribution in [0.4, 0.5) is 0 Å². The van der Waals surface area contributed by atoms with E-state index in [1.165, 1.54) is 0 Å². The SMILES string of the molecule is Cc1c(Br)sc2nc(-c3nccn3C)nc(Cl)c12. The van der Waals surface area contributed by atoms with Crippen LogP contribution in [0.3, 0.4) is 0 Å². The van der Waals surface area contributed by atoms with Gasteiger partial charge in [0.25, 0.3) is 0 Å². The smallest absolute Gasteiger partial charge is 0.198 e. The van der Waals surface area contributed by atoms with Crippen LogP contribution in [0.5, 0.6) is 0 Å². The van der Waals surface area contributed by atoms with Crippen LogP contribution in [0, 0.1) is 6.92 Å². The zero-order valence-corrected chi connectivity index (χ0v) is 12.8. The average molecular weight is 344 g/mol. The highest BCUT2D eigenvalue weighted by Gasteiger charge is 2.16. The normalized spacial score (nSPS) is 11.3. The number of halogens is 2. The van der Waals surface area contributed by atoms with Gasteiger partial charge in [-0.05, 0) is 28.4 Å². The van der Waals surface area contributed by atoms with Gasteiger partial charge in [-0.2, -0.15) is 0 Å². The van der Waals surface area contributed by atoms with E-state index in [2.05, 4.69) is 30.9 Å². The Bertz CT molecular complexity index is 749. The maximum Gasteiger partial charge on any atom is 0.198 e. The summed E-state index contributed by atoms with van der Waals surface area (Å²) in [6.45, 7) is 2.00. The van der Waals surface area contributed by atoms with Crippen molar-refractivity contribution in [2.24, 2.45) is 7.05 Å². The Morgan fingerprint density at radius 1 is 1.39 bits per heavy atom. The lowest BCUT2D eigenvalue weighted by Crippen LogP contribution is -1.97. The van der Waals surface area contributed by atoms with Crippen LogP contribution in [-0.4, -0.2) is 19.5 Å². The fourth-order valence-corrected chi connectivity index (χ4v) is 3.68. The summed E-state index contributed by atoms with van der Waals surface area (Å²) < 4.78 is 2.90. The molecule has 0 aromatic carbocycles. The molecule has 0 saturated heterocycles. The van der Waals surface area contributed by atoms with Crippen LogP contribution in [0.25, 0.3) is 21.9 Å². The van der Waals surface area contributed by atoms with E-state index in [1.54, 1.807) is 17.5 Å². The van der Waals surface area contributed by atoms with Crippen molar-refractivity contribution in [3.05, 3.63) is 26.9 Å². The maximum absolute atomic E-state index is 6.25. The first-order valence-electron chi connectivity index (χ1n) is 5.17. The van der Waals surface area contributed by atoms with Gasteiger partial charge in [-0.25, -0.2) is 15.0 Å². The number of imidazole rings is 1. The molecule has 0 bridgehead atoms. The molecule has 3 heterocycles. The Balaban J connectivity index is 2.31. The molecule has 3 rings (SSSR count). The van der Waals surface area contributed by atoms with E-state index < -0.39 is 0 Å². The zero-order valence-electron chi connectivity index (χ0n) is 9.61. The van der Waals surface area contributed by atoms with Crippen LogP contribution in [0.15, 0.2) is 16.2 Å². The van der Waals surface area contributed by atoms with Gasteiger partial charge in [0.1, 0.15) is 9.98 Å². The highest BCUT2D eigenvalue weighted by molar-refractivity contribution is 9.11. The first-order valence-corrected chi connectivity index (χ1v) is 7.16. The molecule has 0 unspecified atom stereocenters. The molecule has 0 atom stereocenters. The Hall–Kier alpha value is -0.980. The molecule has 18 heavy (non-hydrogen) atoms. The van der Waals surface area contributed by atoms with Crippen molar-refractivity contribution in [3.8, 4) is 11.6 Å². The molecule has 92 valence electrons. The molecule has 4 nitrogen and oxygen atoms in total. The van der Waals surface area contributed by atoms with E-state index in [-0.39, 0.29) is 0 Å². The van der Waals surface area contributed by atoms with Gasteiger partial charge in [0.2, 0.25) is 0 Å². The van der Waals surface area contributed by atoms with E-state index in [0.29, 0.717) is 16.8 Å². The number of hydrogen-bond acceptors (Lipinski definition) is 4. The summed E-state index contributed by atoms with van der Waals surface area (Å²) in [6, 6.07) is 0. The number of nitrogens with zero attached hydrogens (tertiary/aromatic N) is 4. The molecule has 0 aliphatic rings. The van der Waals surface area contributed by atoms with Gasteiger partial charge in [-0.1, -0.05) is 11.6 Å². The first kappa shape index (κ1) is 12.1. The van der Waals surface area contributed by atoms with Gasteiger partial charge >= 0.3 is 0 Å². The molecular formula is C11H8BrClN4S. The topological polar surface area (TPSA) is 43.6 Å². The number of aromatic nitrogens is 4. The average Bonchev–Trinajstić information content (AvgIpc) is 2.84. The molecular weight excluding hydrogens is 336 g/mol. The van der Waals surface area contributed by atoms with Crippen LogP contribution in [0.2, 0.25) is 5.15 Å². The minimum atomic E-state index is 0.470. The van der Waals surface area contributed by atoms with Crippen LogP contribution >= 0.6 is 38.9 Å². The molecule has 0 saturated carbocycles. The molecule has 3 aromatic rings. The van der Waals surface area contributed by atoms with Gasteiger partial charge in [-0.3, -0.25) is 0 Å². The molecule has 0 aliphatic carbocycles. The molecule has 7 heteroatoms. The van der Waals surface area contributed by atoms with E-state index in [9.17, 15) is 0 Å². The third-order valence-electron chi connectivity index (χ3n) is 2.71. The number of fused-ring (bicyclic) bond motifs is 1. The Labute approximate surface area is 121 Å². The quantitative estimate of drug-likeness (QED) is 0.631. The second-order valence-electron chi connectivity index (χ2n) is 3.88. The summed E-state index contributed by atoms with van der Waals surface area (Å²) in [5, 5.41) is 1.38. The Kier molecular flexibility index (Phi) is 2.88. The minimum Gasteiger partial charge on any atom is -0.331 e. The highest BCUT2D eigenvalue weighted by atomic mass is 79.9. The summed E-state index contributed by atoms with van der Waals surface area (Å²) >= 11 is 11.3. The summed E-state index contributed by atoms with van der Waals surface area (Å²) in [7, 11) is 1.90. The van der Waals surface area contributed by atoms with E-state index in [0.717, 1.165) is 19.6 Å². The highest BCUT2D eigenvalue weighted by Crippen LogP contribution is 2.37. The molecule has 3 aromatic heterocycles. The van der Waals surface area contributed by atoms with Crippen LogP contribution < -0.4 is 0 Å². The summed E-state index contributed by atoms with van der Waals surface area (Å²) in [6.07, 6.45) is 3.57. The van der Waals surface area contributed by atoms with E-state index >= 15 is 0 Å². The molecule has 0 fully saturated rings. The van der Waals surface area contributed by atoms with E-state index in [4.69, 9.17) is 11.6 Å². The largest absolute Gasteiger partial charge is 0.331 e. The van der Waals surface area contributed by atoms with Crippen molar-refractivity contribution in [1.29, 1.82) is 0 Å². The number of thiophene rings is 1. The van der Waals surface area contributed by atoms with Crippen molar-refractivity contribution in [1.82, 2.24) is 19.5 Å². The zero-order chi connectivity index (χ0) is 12.9. The van der Waals surface area contributed by atoms with Gasteiger partial charge in [-0.15, -0.1) is 11.3 Å². The lowest BCUT2D eigenvalue weighted by Gasteiger charge is -2.02. The lowest BCUT2D eigenvalue weighted by atomic mass is 10.3. The Morgan fingerprint density at radius 2 is 2.17 bits per heavy atom. The summed E-state index contributed by atoms with van der Waals surface area (Å²) in [4.78, 5) is 14.0. The van der Waals surface area contributed by atoms with Crippen LogP contribution in [-0.2, 0) is 7.05 Å². The second-order valence-corrected chi connectivity index (χ2v) is 6.56. The lowest BCUT2D eigenvalue weighted by molar-refractivity contribution is 0.909. The third-order valence-corrected chi connectivity index (χ3v) is 5.04. The molecule has 0 radical (unpaired) electrons. The number of hydrogen-bond donors (Lipinski definition) is 0. The van der Waals surface area contributed by atoms with Gasteiger partial charge in [0, 0.05) is 19.4 Å². The summed E-state index contributed by atoms with van der Waals surface area (Å²) in [5.74, 6) is 1.26. The monoisotopic (exact) mass is 342 g/mol. The van der Waals surface area contributed by atoms with E-state index in [1.807, 2.05) is 24.7 Å². The number of aryl methyl sites for hydroxylation is 2.